The van der Waals surface area contributed by atoms with Gasteiger partial charge in [0.25, 0.3) is 0 Å². The van der Waals surface area contributed by atoms with Gasteiger partial charge < -0.3 is 20.7 Å². The number of hydrogen-bond donors (Lipinski definition) is 2. The molecule has 3 aromatic rings. The Labute approximate surface area is 178 Å². The maximum absolute atomic E-state index is 6.26. The molecule has 1 heterocycles. The predicted octanol–water partition coefficient (Wildman–Crippen LogP) is 5.55. The number of nitrogens with one attached hydrogen (secondary N) is 1. The second kappa shape index (κ2) is 9.51. The van der Waals surface area contributed by atoms with Crippen LogP contribution in [0.5, 0.6) is 5.75 Å². The van der Waals surface area contributed by atoms with Crippen molar-refractivity contribution in [3.63, 3.8) is 0 Å². The second-order valence-electron chi connectivity index (χ2n) is 7.48. The van der Waals surface area contributed by atoms with Gasteiger partial charge in [-0.15, -0.1) is 0 Å². The molecular formula is C23H31ClN4O. The lowest BCUT2D eigenvalue weighted by Gasteiger charge is -2.22. The molecule has 5 nitrogen and oxygen atoms in total. The largest absolute Gasteiger partial charge is 0.497 e. The lowest BCUT2D eigenvalue weighted by Crippen LogP contribution is -2.25. The highest BCUT2D eigenvalue weighted by Crippen LogP contribution is 2.36. The Morgan fingerprint density at radius 2 is 1.86 bits per heavy atom. The van der Waals surface area contributed by atoms with E-state index >= 15 is 0 Å². The molecule has 6 heteroatoms. The van der Waals surface area contributed by atoms with E-state index < -0.39 is 0 Å². The van der Waals surface area contributed by atoms with Crippen LogP contribution in [0.3, 0.4) is 0 Å². The van der Waals surface area contributed by atoms with Crippen molar-refractivity contribution in [1.29, 1.82) is 0 Å². The highest BCUT2D eigenvalue weighted by molar-refractivity contribution is 6.34. The Morgan fingerprint density at radius 3 is 2.55 bits per heavy atom. The predicted molar refractivity (Wildman–Crippen MR) is 125 cm³/mol. The van der Waals surface area contributed by atoms with Crippen molar-refractivity contribution < 1.29 is 4.74 Å². The van der Waals surface area contributed by atoms with E-state index in [1.54, 1.807) is 7.11 Å². The van der Waals surface area contributed by atoms with E-state index in [0.717, 1.165) is 65.7 Å². The third-order valence-electron chi connectivity index (χ3n) is 5.49. The number of nitrogens with zero attached hydrogens (tertiary/aromatic N) is 2. The molecule has 3 N–H and O–H groups in total. The number of nitrogen functional groups attached to an aromatic ring is 1. The zero-order valence-corrected chi connectivity index (χ0v) is 18.5. The van der Waals surface area contributed by atoms with Crippen LogP contribution < -0.4 is 15.8 Å². The van der Waals surface area contributed by atoms with Gasteiger partial charge in [-0.2, -0.15) is 0 Å². The first-order chi connectivity index (χ1) is 14.0. The second-order valence-corrected chi connectivity index (χ2v) is 7.88. The summed E-state index contributed by atoms with van der Waals surface area (Å²) >= 11 is 6.26. The first kappa shape index (κ1) is 21.5. The van der Waals surface area contributed by atoms with Crippen LogP contribution in [-0.2, 0) is 0 Å². The Bertz CT molecular complexity index is 988. The molecule has 0 fully saturated rings. The molecule has 0 aliphatic rings. The van der Waals surface area contributed by atoms with Gasteiger partial charge in [0.1, 0.15) is 5.75 Å². The molecule has 0 bridgehead atoms. The summed E-state index contributed by atoms with van der Waals surface area (Å²) in [5.41, 5.74) is 9.43. The molecule has 0 radical (unpaired) electrons. The molecule has 156 valence electrons. The van der Waals surface area contributed by atoms with Gasteiger partial charge in [0.05, 0.1) is 34.5 Å². The van der Waals surface area contributed by atoms with E-state index in [0.29, 0.717) is 16.8 Å². The Morgan fingerprint density at radius 1 is 1.14 bits per heavy atom. The number of pyridine rings is 1. The summed E-state index contributed by atoms with van der Waals surface area (Å²) in [6, 6.07) is 9.99. The fourth-order valence-corrected chi connectivity index (χ4v) is 3.88. The van der Waals surface area contributed by atoms with Gasteiger partial charge in [-0.25, -0.2) is 4.98 Å². The monoisotopic (exact) mass is 414 g/mol. The minimum absolute atomic E-state index is 0.308. The summed E-state index contributed by atoms with van der Waals surface area (Å²) in [7, 11) is 1.68. The van der Waals surface area contributed by atoms with Crippen molar-refractivity contribution >= 4 is 44.8 Å². The lowest BCUT2D eigenvalue weighted by atomic mass is 10.0. The number of halogens is 1. The number of rotatable bonds is 9. The van der Waals surface area contributed by atoms with Crippen LogP contribution in [0, 0.1) is 0 Å². The molecular weight excluding hydrogens is 384 g/mol. The average molecular weight is 415 g/mol. The van der Waals surface area contributed by atoms with Gasteiger partial charge in [-0.05, 0) is 69.7 Å². The number of benzene rings is 2. The number of methoxy groups -OCH3 is 1. The lowest BCUT2D eigenvalue weighted by molar-refractivity contribution is 0.295. The SMILES string of the molecule is CCN(CC)CCC[C@@H](C)Nc1c2cc(OC)ccc2nc2cc(Cl)c(N)cc12. The normalized spacial score (nSPS) is 12.6. The van der Waals surface area contributed by atoms with Gasteiger partial charge in [-0.1, -0.05) is 25.4 Å². The minimum atomic E-state index is 0.308. The number of anilines is 2. The molecule has 0 aliphatic heterocycles. The average Bonchev–Trinajstić information content (AvgIpc) is 2.72. The Hall–Kier alpha value is -2.24. The van der Waals surface area contributed by atoms with E-state index in [1.165, 1.54) is 0 Å². The standard InChI is InChI=1S/C23H31ClN4O/c1-5-28(6-2)11-7-8-15(3)26-23-17-12-16(29-4)9-10-21(17)27-22-14-19(24)20(25)13-18(22)23/h9-10,12-15H,5-8,11,25H2,1-4H3,(H,26,27)/t15-/m1/s1. The number of aromatic nitrogens is 1. The number of hydrogen-bond acceptors (Lipinski definition) is 5. The van der Waals surface area contributed by atoms with Crippen molar-refractivity contribution in [3.05, 3.63) is 35.4 Å². The summed E-state index contributed by atoms with van der Waals surface area (Å²) < 4.78 is 5.45. The molecule has 0 amide bonds. The molecule has 29 heavy (non-hydrogen) atoms. The highest BCUT2D eigenvalue weighted by atomic mass is 35.5. The van der Waals surface area contributed by atoms with E-state index in [9.17, 15) is 0 Å². The quantitative estimate of drug-likeness (QED) is 0.354. The smallest absolute Gasteiger partial charge is 0.119 e. The summed E-state index contributed by atoms with van der Waals surface area (Å²) in [4.78, 5) is 7.24. The molecule has 0 unspecified atom stereocenters. The minimum Gasteiger partial charge on any atom is -0.497 e. The van der Waals surface area contributed by atoms with Crippen LogP contribution in [-0.4, -0.2) is 42.7 Å². The van der Waals surface area contributed by atoms with Crippen LogP contribution in [0.15, 0.2) is 30.3 Å². The molecule has 1 aromatic heterocycles. The highest BCUT2D eigenvalue weighted by Gasteiger charge is 2.14. The Balaban J connectivity index is 1.97. The van der Waals surface area contributed by atoms with Crippen molar-refractivity contribution in [2.24, 2.45) is 0 Å². The summed E-state index contributed by atoms with van der Waals surface area (Å²) in [6.45, 7) is 9.95. The number of fused-ring (bicyclic) bond motifs is 2. The molecule has 0 saturated heterocycles. The molecule has 2 aromatic carbocycles. The zero-order chi connectivity index (χ0) is 21.0. The first-order valence-electron chi connectivity index (χ1n) is 10.3. The van der Waals surface area contributed by atoms with Crippen LogP contribution >= 0.6 is 11.6 Å². The zero-order valence-electron chi connectivity index (χ0n) is 17.8. The first-order valence-corrected chi connectivity index (χ1v) is 10.7. The van der Waals surface area contributed by atoms with Crippen molar-refractivity contribution in [2.45, 2.75) is 39.7 Å². The third kappa shape index (κ3) is 4.85. The number of ether oxygens (including phenoxy) is 1. The maximum Gasteiger partial charge on any atom is 0.119 e. The van der Waals surface area contributed by atoms with E-state index in [2.05, 4.69) is 31.0 Å². The third-order valence-corrected chi connectivity index (χ3v) is 5.82. The maximum atomic E-state index is 6.26. The van der Waals surface area contributed by atoms with E-state index in [-0.39, 0.29) is 0 Å². The molecule has 0 saturated carbocycles. The van der Waals surface area contributed by atoms with Crippen LogP contribution in [0.1, 0.15) is 33.6 Å². The summed E-state index contributed by atoms with van der Waals surface area (Å²) in [5.74, 6) is 0.804. The fourth-order valence-electron chi connectivity index (χ4n) is 3.72. The van der Waals surface area contributed by atoms with E-state index in [4.69, 9.17) is 27.1 Å². The van der Waals surface area contributed by atoms with Crippen molar-refractivity contribution in [3.8, 4) is 5.75 Å². The van der Waals surface area contributed by atoms with Gasteiger partial charge in [0, 0.05) is 16.8 Å². The summed E-state index contributed by atoms with van der Waals surface area (Å²) in [5, 5.41) is 6.24. The van der Waals surface area contributed by atoms with Gasteiger partial charge in [0.2, 0.25) is 0 Å². The number of nitrogens with two attached hydrogens (primary N) is 1. The van der Waals surface area contributed by atoms with Crippen molar-refractivity contribution in [2.75, 3.05) is 37.8 Å². The summed E-state index contributed by atoms with van der Waals surface area (Å²) in [6.07, 6.45) is 2.23. The van der Waals surface area contributed by atoms with Gasteiger partial charge in [0.15, 0.2) is 0 Å². The van der Waals surface area contributed by atoms with E-state index in [1.807, 2.05) is 30.3 Å². The van der Waals surface area contributed by atoms with Crippen molar-refractivity contribution in [1.82, 2.24) is 9.88 Å². The van der Waals surface area contributed by atoms with Gasteiger partial charge >= 0.3 is 0 Å². The topological polar surface area (TPSA) is 63.4 Å². The molecule has 0 spiro atoms. The fraction of sp³-hybridized carbons (Fsp3) is 0.435. The van der Waals surface area contributed by atoms with Crippen LogP contribution in [0.25, 0.3) is 21.8 Å². The van der Waals surface area contributed by atoms with Gasteiger partial charge in [-0.3, -0.25) is 0 Å². The molecule has 0 aliphatic carbocycles. The van der Waals surface area contributed by atoms with Crippen LogP contribution in [0.2, 0.25) is 5.02 Å². The van der Waals surface area contributed by atoms with Crippen LogP contribution in [0.4, 0.5) is 11.4 Å². The molecule has 3 rings (SSSR count). The molecule has 1 atom stereocenters. The Kier molecular flexibility index (Phi) is 7.04.